The summed E-state index contributed by atoms with van der Waals surface area (Å²) < 4.78 is 26.2. The van der Waals surface area contributed by atoms with E-state index < -0.39 is 29.5 Å². The Morgan fingerprint density at radius 1 is 0.804 bits per heavy atom. The van der Waals surface area contributed by atoms with Crippen molar-refractivity contribution in [1.29, 1.82) is 0 Å². The van der Waals surface area contributed by atoms with Gasteiger partial charge < -0.3 is 18.8 Å². The van der Waals surface area contributed by atoms with Gasteiger partial charge >= 0.3 is 7.12 Å². The molecule has 2 aromatic carbocycles. The first kappa shape index (κ1) is 37.7. The molecule has 5 rings (SSSR count). The molecule has 3 fully saturated rings. The lowest BCUT2D eigenvalue weighted by Gasteiger charge is -2.44. The predicted molar refractivity (Wildman–Crippen MR) is 185 cm³/mol. The second-order valence-electron chi connectivity index (χ2n) is 15.1. The van der Waals surface area contributed by atoms with Crippen LogP contribution in [0.5, 0.6) is 11.5 Å². The summed E-state index contributed by atoms with van der Waals surface area (Å²) in [5, 5.41) is 9.97. The molecule has 0 radical (unpaired) electrons. The van der Waals surface area contributed by atoms with Gasteiger partial charge in [-0.1, -0.05) is 45.2 Å². The first-order chi connectivity index (χ1) is 21.3. The molecular formula is C34H48BBrCl2O8. The number of ether oxygens (including phenoxy) is 2. The van der Waals surface area contributed by atoms with Crippen LogP contribution in [0.3, 0.4) is 0 Å². The molecule has 0 N–H and O–H groups in total. The van der Waals surface area contributed by atoms with Gasteiger partial charge in [0.05, 0.1) is 44.7 Å². The molecule has 46 heavy (non-hydrogen) atoms. The van der Waals surface area contributed by atoms with Crippen LogP contribution in [0.4, 0.5) is 0 Å². The van der Waals surface area contributed by atoms with E-state index in [1.165, 1.54) is 6.42 Å². The summed E-state index contributed by atoms with van der Waals surface area (Å²) in [6.45, 7) is 17.4. The Morgan fingerprint density at radius 2 is 1.35 bits per heavy atom. The molecule has 8 nitrogen and oxygen atoms in total. The van der Waals surface area contributed by atoms with E-state index in [0.717, 1.165) is 47.8 Å². The molecule has 12 heteroatoms. The van der Waals surface area contributed by atoms with E-state index in [2.05, 4.69) is 46.8 Å². The molecule has 2 aliphatic carbocycles. The van der Waals surface area contributed by atoms with E-state index >= 15 is 0 Å². The third-order valence-electron chi connectivity index (χ3n) is 8.27. The van der Waals surface area contributed by atoms with E-state index in [9.17, 15) is 0 Å². The van der Waals surface area contributed by atoms with Crippen LogP contribution >= 0.6 is 39.1 Å². The zero-order chi connectivity index (χ0) is 33.9. The largest absolute Gasteiger partial charge is 0.494 e. The molecule has 1 aliphatic heterocycles. The van der Waals surface area contributed by atoms with E-state index in [0.29, 0.717) is 21.7 Å². The first-order valence-electron chi connectivity index (χ1n) is 16.0. The summed E-state index contributed by atoms with van der Waals surface area (Å²) in [6, 6.07) is 11.5. The second-order valence-corrected chi connectivity index (χ2v) is 16.8. The van der Waals surface area contributed by atoms with Crippen LogP contribution in [-0.4, -0.2) is 41.7 Å². The Labute approximate surface area is 293 Å². The number of hydrogen-bond donors (Lipinski definition) is 0. The summed E-state index contributed by atoms with van der Waals surface area (Å²) in [4.78, 5) is 9.56. The highest BCUT2D eigenvalue weighted by Crippen LogP contribution is 2.47. The van der Waals surface area contributed by atoms with E-state index in [1.807, 2.05) is 77.9 Å². The zero-order valence-corrected chi connectivity index (χ0v) is 31.5. The van der Waals surface area contributed by atoms with Crippen molar-refractivity contribution in [1.82, 2.24) is 0 Å². The Balaban J connectivity index is 0.000000342. The lowest BCUT2D eigenvalue weighted by atomic mass is 9.71. The summed E-state index contributed by atoms with van der Waals surface area (Å²) in [5.74, 6) is 1.95. The molecular weight excluding hydrogens is 698 g/mol. The Bertz CT molecular complexity index is 1290. The summed E-state index contributed by atoms with van der Waals surface area (Å²) in [6.07, 6.45) is 6.67. The second kappa shape index (κ2) is 15.2. The van der Waals surface area contributed by atoms with Crippen molar-refractivity contribution in [3.63, 3.8) is 0 Å². The van der Waals surface area contributed by atoms with Gasteiger partial charge in [-0.2, -0.15) is 9.78 Å². The molecule has 1 atom stereocenters. The van der Waals surface area contributed by atoms with Crippen molar-refractivity contribution in [2.75, 3.05) is 0 Å². The fraction of sp³-hybridized carbons (Fsp3) is 0.647. The molecule has 1 saturated heterocycles. The van der Waals surface area contributed by atoms with Crippen molar-refractivity contribution < 1.29 is 38.6 Å². The van der Waals surface area contributed by atoms with Crippen molar-refractivity contribution in [3.8, 4) is 11.5 Å². The Morgan fingerprint density at radius 3 is 1.89 bits per heavy atom. The lowest BCUT2D eigenvalue weighted by molar-refractivity contribution is -0.661. The smallest absolute Gasteiger partial charge is 0.489 e. The number of hydrogen-bond acceptors (Lipinski definition) is 8. The third-order valence-corrected chi connectivity index (χ3v) is 9.39. The van der Waals surface area contributed by atoms with Crippen molar-refractivity contribution >= 4 is 51.7 Å². The monoisotopic (exact) mass is 744 g/mol. The molecule has 0 amide bonds. The van der Waals surface area contributed by atoms with Crippen LogP contribution in [0.15, 0.2) is 40.9 Å². The van der Waals surface area contributed by atoms with Gasteiger partial charge in [0.15, 0.2) is 0 Å². The van der Waals surface area contributed by atoms with E-state index in [1.54, 1.807) is 0 Å². The summed E-state index contributed by atoms with van der Waals surface area (Å²) in [7, 11) is -0.450. The molecule has 1 unspecified atom stereocenters. The van der Waals surface area contributed by atoms with E-state index in [-0.39, 0.29) is 12.2 Å². The van der Waals surface area contributed by atoms with Gasteiger partial charge in [0.25, 0.3) is 0 Å². The molecule has 2 saturated carbocycles. The maximum absolute atomic E-state index is 6.60. The van der Waals surface area contributed by atoms with Crippen LogP contribution in [-0.2, 0) is 29.2 Å². The average molecular weight is 746 g/mol. The fourth-order valence-corrected chi connectivity index (χ4v) is 5.78. The third kappa shape index (κ3) is 10.7. The molecule has 0 spiro atoms. The van der Waals surface area contributed by atoms with Gasteiger partial charge in [-0.05, 0) is 153 Å². The summed E-state index contributed by atoms with van der Waals surface area (Å²) >= 11 is 16.2. The maximum atomic E-state index is 6.60. The molecule has 0 aromatic heterocycles. The highest BCUT2D eigenvalue weighted by molar-refractivity contribution is 9.10. The molecule has 3 aliphatic rings. The Kier molecular flexibility index (Phi) is 12.5. The highest BCUT2D eigenvalue weighted by atomic mass is 79.9. The van der Waals surface area contributed by atoms with Crippen molar-refractivity contribution in [3.05, 3.63) is 50.9 Å². The molecule has 2 aromatic rings. The predicted octanol–water partition coefficient (Wildman–Crippen LogP) is 9.61. The van der Waals surface area contributed by atoms with E-state index in [4.69, 9.17) is 51.8 Å². The average Bonchev–Trinajstić information content (AvgIpc) is 3.13. The minimum Gasteiger partial charge on any atom is -0.489 e. The van der Waals surface area contributed by atoms with Gasteiger partial charge in [0.1, 0.15) is 11.5 Å². The van der Waals surface area contributed by atoms with Gasteiger partial charge in [-0.3, -0.25) is 0 Å². The minimum absolute atomic E-state index is 0.170. The Hall–Kier alpha value is -1.08. The highest BCUT2D eigenvalue weighted by Gasteiger charge is 2.56. The molecule has 0 bridgehead atoms. The first-order valence-corrected chi connectivity index (χ1v) is 17.5. The SMILES string of the molecule is CC(C)(C)OOOOC(C)(C)C.CC1(C)OB(c2ccc(Cl)c(OC3CCC3)c2)OC1(C)CC1CC(Oc2cc(Br)ccc2Cl)C1. The van der Waals surface area contributed by atoms with Crippen molar-refractivity contribution in [2.45, 2.75) is 135 Å². The van der Waals surface area contributed by atoms with Crippen LogP contribution in [0.2, 0.25) is 10.0 Å². The van der Waals surface area contributed by atoms with Gasteiger partial charge in [-0.15, -0.1) is 0 Å². The normalized spacial score (nSPS) is 24.5. The number of halogens is 3. The van der Waals surface area contributed by atoms with Gasteiger partial charge in [0, 0.05) is 4.47 Å². The molecule has 1 heterocycles. The quantitative estimate of drug-likeness (QED) is 0.103. The van der Waals surface area contributed by atoms with Crippen LogP contribution in [0.25, 0.3) is 0 Å². The van der Waals surface area contributed by atoms with Gasteiger partial charge in [0.2, 0.25) is 0 Å². The maximum Gasteiger partial charge on any atom is 0.494 e. The van der Waals surface area contributed by atoms with Crippen LogP contribution in [0, 0.1) is 5.92 Å². The number of benzene rings is 2. The van der Waals surface area contributed by atoms with Crippen molar-refractivity contribution in [2.24, 2.45) is 5.92 Å². The van der Waals surface area contributed by atoms with Gasteiger partial charge in [-0.25, -0.2) is 0 Å². The van der Waals surface area contributed by atoms with Crippen LogP contribution < -0.4 is 14.9 Å². The number of rotatable bonds is 10. The fourth-order valence-electron chi connectivity index (χ4n) is 5.12. The lowest BCUT2D eigenvalue weighted by Crippen LogP contribution is -2.49. The molecule has 256 valence electrons. The topological polar surface area (TPSA) is 73.8 Å². The minimum atomic E-state index is -0.450. The zero-order valence-electron chi connectivity index (χ0n) is 28.4. The standard InChI is InChI=1S/C26H30BBrCl2O4.C8H18O4/c1-25(2)26(3,15-16-11-20(12-16)32-24-14-18(28)8-10-22(24)30)34-27(33-25)17-7-9-21(29)23(13-17)31-19-5-4-6-19;1-7(2,3)9-11-12-10-8(4,5)6/h7-10,13-14,16,19-20H,4-6,11-12,15H2,1-3H3;1-6H3. The summed E-state index contributed by atoms with van der Waals surface area (Å²) in [5.41, 5.74) is -0.724. The van der Waals surface area contributed by atoms with Crippen LogP contribution in [0.1, 0.15) is 101 Å².